The molecule has 0 radical (unpaired) electrons. The summed E-state index contributed by atoms with van der Waals surface area (Å²) in [5, 5.41) is 2.87. The lowest BCUT2D eigenvalue weighted by Gasteiger charge is -2.30. The topological polar surface area (TPSA) is 84.7 Å². The van der Waals surface area contributed by atoms with Crippen molar-refractivity contribution in [3.05, 3.63) is 24.3 Å². The molecule has 6 heteroatoms. The summed E-state index contributed by atoms with van der Waals surface area (Å²) in [5.41, 5.74) is 6.59. The zero-order valence-corrected chi connectivity index (χ0v) is 13.2. The second-order valence-electron chi connectivity index (χ2n) is 6.32. The first-order valence-corrected chi connectivity index (χ1v) is 8.19. The van der Waals surface area contributed by atoms with Gasteiger partial charge in [-0.05, 0) is 37.8 Å². The van der Waals surface area contributed by atoms with Gasteiger partial charge >= 0.3 is 0 Å². The minimum Gasteiger partial charge on any atom is -0.484 e. The van der Waals surface area contributed by atoms with Crippen LogP contribution in [0.1, 0.15) is 25.7 Å². The molecule has 1 aromatic carbocycles. The molecule has 1 saturated heterocycles. The molecule has 1 aromatic rings. The van der Waals surface area contributed by atoms with E-state index in [0.29, 0.717) is 18.0 Å². The summed E-state index contributed by atoms with van der Waals surface area (Å²) in [6.07, 6.45) is 3.84. The SMILES string of the molecule is NC1CCCN(C(=O)COc2cccc(NC(=O)C3CC3)c2)C1. The number of anilines is 1. The van der Waals surface area contributed by atoms with Crippen molar-refractivity contribution in [2.45, 2.75) is 31.7 Å². The fourth-order valence-corrected chi connectivity index (χ4v) is 2.73. The lowest BCUT2D eigenvalue weighted by molar-refractivity contribution is -0.134. The van der Waals surface area contributed by atoms with E-state index in [1.807, 2.05) is 6.07 Å². The standard InChI is InChI=1S/C17H23N3O3/c18-13-3-2-8-20(10-13)16(21)11-23-15-5-1-4-14(9-15)19-17(22)12-6-7-12/h1,4-5,9,12-13H,2-3,6-8,10-11,18H2,(H,19,22). The van der Waals surface area contributed by atoms with Crippen LogP contribution < -0.4 is 15.8 Å². The van der Waals surface area contributed by atoms with E-state index in [1.54, 1.807) is 23.1 Å². The van der Waals surface area contributed by atoms with E-state index in [4.69, 9.17) is 10.5 Å². The molecule has 0 spiro atoms. The summed E-state index contributed by atoms with van der Waals surface area (Å²) in [6, 6.07) is 7.21. The lowest BCUT2D eigenvalue weighted by atomic mass is 10.1. The Morgan fingerprint density at radius 2 is 2.13 bits per heavy atom. The molecule has 1 unspecified atom stereocenters. The zero-order valence-electron chi connectivity index (χ0n) is 13.2. The highest BCUT2D eigenvalue weighted by Crippen LogP contribution is 2.30. The average Bonchev–Trinajstić information content (AvgIpc) is 3.38. The predicted octanol–water partition coefficient (Wildman–Crippen LogP) is 1.36. The highest BCUT2D eigenvalue weighted by Gasteiger charge is 2.29. The predicted molar refractivity (Wildman–Crippen MR) is 87.1 cm³/mol. The first-order chi connectivity index (χ1) is 11.1. The van der Waals surface area contributed by atoms with Gasteiger partial charge in [0.2, 0.25) is 5.91 Å². The monoisotopic (exact) mass is 317 g/mol. The number of rotatable bonds is 5. The van der Waals surface area contributed by atoms with Crippen LogP contribution in [0.25, 0.3) is 0 Å². The quantitative estimate of drug-likeness (QED) is 0.859. The number of amides is 2. The van der Waals surface area contributed by atoms with Crippen molar-refractivity contribution in [1.29, 1.82) is 0 Å². The minimum atomic E-state index is -0.0485. The van der Waals surface area contributed by atoms with Crippen molar-refractivity contribution in [2.75, 3.05) is 25.0 Å². The molecule has 2 fully saturated rings. The fourth-order valence-electron chi connectivity index (χ4n) is 2.73. The maximum Gasteiger partial charge on any atom is 0.260 e. The molecule has 1 heterocycles. The van der Waals surface area contributed by atoms with Crippen molar-refractivity contribution in [2.24, 2.45) is 11.7 Å². The molecule has 1 aliphatic heterocycles. The molecular weight excluding hydrogens is 294 g/mol. The number of nitrogens with one attached hydrogen (secondary N) is 1. The van der Waals surface area contributed by atoms with Crippen molar-refractivity contribution >= 4 is 17.5 Å². The summed E-state index contributed by atoms with van der Waals surface area (Å²) in [5.74, 6) is 0.741. The van der Waals surface area contributed by atoms with Gasteiger partial charge < -0.3 is 20.7 Å². The largest absolute Gasteiger partial charge is 0.484 e. The van der Waals surface area contributed by atoms with Crippen LogP contribution in [-0.4, -0.2) is 42.5 Å². The van der Waals surface area contributed by atoms with Crippen LogP contribution in [0.3, 0.4) is 0 Å². The second kappa shape index (κ2) is 7.00. The molecule has 3 N–H and O–H groups in total. The van der Waals surface area contributed by atoms with Gasteiger partial charge in [-0.2, -0.15) is 0 Å². The number of carbonyl (C=O) groups excluding carboxylic acids is 2. The van der Waals surface area contributed by atoms with Gasteiger partial charge in [0.1, 0.15) is 5.75 Å². The van der Waals surface area contributed by atoms with Crippen molar-refractivity contribution in [1.82, 2.24) is 4.90 Å². The highest BCUT2D eigenvalue weighted by molar-refractivity contribution is 5.94. The van der Waals surface area contributed by atoms with E-state index in [9.17, 15) is 9.59 Å². The van der Waals surface area contributed by atoms with Gasteiger partial charge in [-0.1, -0.05) is 6.07 Å². The van der Waals surface area contributed by atoms with Crippen molar-refractivity contribution in [3.8, 4) is 5.75 Å². The van der Waals surface area contributed by atoms with Crippen LogP contribution in [0.2, 0.25) is 0 Å². The molecule has 6 nitrogen and oxygen atoms in total. The summed E-state index contributed by atoms with van der Waals surface area (Å²) < 4.78 is 5.57. The third-order valence-corrected chi connectivity index (χ3v) is 4.22. The van der Waals surface area contributed by atoms with Gasteiger partial charge in [0.25, 0.3) is 5.91 Å². The Morgan fingerprint density at radius 3 is 2.87 bits per heavy atom. The lowest BCUT2D eigenvalue weighted by Crippen LogP contribution is -2.47. The number of benzene rings is 1. The first-order valence-electron chi connectivity index (χ1n) is 8.19. The molecule has 1 atom stereocenters. The second-order valence-corrected chi connectivity index (χ2v) is 6.32. The Hall–Kier alpha value is -2.08. The number of carbonyl (C=O) groups is 2. The van der Waals surface area contributed by atoms with Gasteiger partial charge in [0.05, 0.1) is 0 Å². The van der Waals surface area contributed by atoms with E-state index in [2.05, 4.69) is 5.32 Å². The van der Waals surface area contributed by atoms with E-state index < -0.39 is 0 Å². The number of nitrogens with two attached hydrogens (primary N) is 1. The van der Waals surface area contributed by atoms with Gasteiger partial charge in [-0.25, -0.2) is 0 Å². The maximum absolute atomic E-state index is 12.2. The van der Waals surface area contributed by atoms with Gasteiger partial charge in [0, 0.05) is 36.8 Å². The Bertz CT molecular complexity index is 586. The molecule has 124 valence electrons. The molecular formula is C17H23N3O3. The number of hydrogen-bond acceptors (Lipinski definition) is 4. The van der Waals surface area contributed by atoms with Crippen LogP contribution in [0.4, 0.5) is 5.69 Å². The molecule has 2 aliphatic rings. The normalized spacial score (nSPS) is 20.9. The number of hydrogen-bond donors (Lipinski definition) is 2. The Balaban J connectivity index is 1.51. The summed E-state index contributed by atoms with van der Waals surface area (Å²) >= 11 is 0. The minimum absolute atomic E-state index is 0.00720. The van der Waals surface area contributed by atoms with E-state index in [1.165, 1.54) is 0 Å². The summed E-state index contributed by atoms with van der Waals surface area (Å²) in [7, 11) is 0. The number of ether oxygens (including phenoxy) is 1. The molecule has 0 aromatic heterocycles. The molecule has 23 heavy (non-hydrogen) atoms. The van der Waals surface area contributed by atoms with Gasteiger partial charge in [0.15, 0.2) is 6.61 Å². The Morgan fingerprint density at radius 1 is 1.30 bits per heavy atom. The summed E-state index contributed by atoms with van der Waals surface area (Å²) in [4.78, 5) is 25.7. The third-order valence-electron chi connectivity index (χ3n) is 4.22. The third kappa shape index (κ3) is 4.45. The van der Waals surface area contributed by atoms with E-state index in [-0.39, 0.29) is 30.4 Å². The number of nitrogens with zero attached hydrogens (tertiary/aromatic N) is 1. The molecule has 3 rings (SSSR count). The van der Waals surface area contributed by atoms with E-state index in [0.717, 1.165) is 32.2 Å². The van der Waals surface area contributed by atoms with Crippen molar-refractivity contribution < 1.29 is 14.3 Å². The van der Waals surface area contributed by atoms with Crippen LogP contribution in [0, 0.1) is 5.92 Å². The average molecular weight is 317 g/mol. The summed E-state index contributed by atoms with van der Waals surface area (Å²) in [6.45, 7) is 1.33. The first kappa shape index (κ1) is 15.8. The smallest absolute Gasteiger partial charge is 0.260 e. The van der Waals surface area contributed by atoms with Crippen LogP contribution in [-0.2, 0) is 9.59 Å². The molecule has 1 saturated carbocycles. The van der Waals surface area contributed by atoms with Crippen LogP contribution in [0.15, 0.2) is 24.3 Å². The molecule has 2 amide bonds. The number of piperidine rings is 1. The zero-order chi connectivity index (χ0) is 16.2. The van der Waals surface area contributed by atoms with Crippen LogP contribution in [0.5, 0.6) is 5.75 Å². The number of likely N-dealkylation sites (tertiary alicyclic amines) is 1. The maximum atomic E-state index is 12.2. The molecule has 1 aliphatic carbocycles. The fraction of sp³-hybridized carbons (Fsp3) is 0.529. The van der Waals surface area contributed by atoms with Gasteiger partial charge in [-0.15, -0.1) is 0 Å². The van der Waals surface area contributed by atoms with Crippen molar-refractivity contribution in [3.63, 3.8) is 0 Å². The van der Waals surface area contributed by atoms with E-state index >= 15 is 0 Å². The molecule has 0 bridgehead atoms. The van der Waals surface area contributed by atoms with Gasteiger partial charge in [-0.3, -0.25) is 9.59 Å². The Kier molecular flexibility index (Phi) is 4.81. The Labute approximate surface area is 136 Å². The highest BCUT2D eigenvalue weighted by atomic mass is 16.5. The van der Waals surface area contributed by atoms with Crippen LogP contribution >= 0.6 is 0 Å².